The molecular formula is C16H24N2O3. The van der Waals surface area contributed by atoms with Gasteiger partial charge in [0.15, 0.2) is 11.5 Å². The number of nitrogens with two attached hydrogens (primary N) is 1. The molecule has 3 N–H and O–H groups in total. The maximum atomic E-state index is 12.3. The van der Waals surface area contributed by atoms with Crippen LogP contribution in [0.3, 0.4) is 0 Å². The number of benzene rings is 1. The van der Waals surface area contributed by atoms with Crippen molar-refractivity contribution < 1.29 is 14.3 Å². The van der Waals surface area contributed by atoms with Crippen molar-refractivity contribution >= 4 is 11.6 Å². The Kier molecular flexibility index (Phi) is 5.44. The third-order valence-electron chi connectivity index (χ3n) is 3.87. The van der Waals surface area contributed by atoms with Gasteiger partial charge in [0, 0.05) is 23.7 Å². The van der Waals surface area contributed by atoms with Gasteiger partial charge in [0.05, 0.1) is 13.7 Å². The molecule has 0 bridgehead atoms. The first-order valence-corrected chi connectivity index (χ1v) is 7.51. The van der Waals surface area contributed by atoms with Crippen LogP contribution in [0.15, 0.2) is 18.2 Å². The number of rotatable bonds is 5. The molecule has 1 amide bonds. The normalized spacial score (nSPS) is 21.7. The highest BCUT2D eigenvalue weighted by Crippen LogP contribution is 2.31. The third-order valence-corrected chi connectivity index (χ3v) is 3.87. The summed E-state index contributed by atoms with van der Waals surface area (Å²) in [5.74, 6) is 1.43. The summed E-state index contributed by atoms with van der Waals surface area (Å²) in [6.07, 6.45) is 3.57. The lowest BCUT2D eigenvalue weighted by atomic mass is 9.86. The number of carbonyl (C=O) groups is 1. The summed E-state index contributed by atoms with van der Waals surface area (Å²) >= 11 is 0. The molecule has 1 aromatic carbocycles. The second-order valence-corrected chi connectivity index (χ2v) is 5.40. The summed E-state index contributed by atoms with van der Waals surface area (Å²) in [5.41, 5.74) is 6.61. The van der Waals surface area contributed by atoms with E-state index < -0.39 is 0 Å². The number of ether oxygens (including phenoxy) is 2. The van der Waals surface area contributed by atoms with Gasteiger partial charge in [0.25, 0.3) is 0 Å². The number of hydrogen-bond acceptors (Lipinski definition) is 4. The molecule has 1 aromatic rings. The molecule has 1 aliphatic rings. The monoisotopic (exact) mass is 292 g/mol. The van der Waals surface area contributed by atoms with Crippen molar-refractivity contribution in [1.82, 2.24) is 0 Å². The Morgan fingerprint density at radius 1 is 1.29 bits per heavy atom. The quantitative estimate of drug-likeness (QED) is 0.874. The number of carbonyl (C=O) groups excluding carboxylic acids is 1. The van der Waals surface area contributed by atoms with Gasteiger partial charge in [-0.3, -0.25) is 4.79 Å². The molecule has 1 saturated carbocycles. The first-order valence-electron chi connectivity index (χ1n) is 7.51. The minimum absolute atomic E-state index is 0.0578. The van der Waals surface area contributed by atoms with E-state index in [0.717, 1.165) is 31.4 Å². The molecule has 1 aliphatic carbocycles. The Morgan fingerprint density at radius 2 is 2.00 bits per heavy atom. The van der Waals surface area contributed by atoms with Gasteiger partial charge in [-0.05, 0) is 44.7 Å². The van der Waals surface area contributed by atoms with E-state index >= 15 is 0 Å². The fourth-order valence-electron chi connectivity index (χ4n) is 2.65. The number of anilines is 1. The van der Waals surface area contributed by atoms with Gasteiger partial charge in [0.1, 0.15) is 0 Å². The zero-order chi connectivity index (χ0) is 15.2. The number of amides is 1. The second-order valence-electron chi connectivity index (χ2n) is 5.40. The average Bonchev–Trinajstić information content (AvgIpc) is 2.48. The Labute approximate surface area is 125 Å². The first-order chi connectivity index (χ1) is 10.1. The van der Waals surface area contributed by atoms with Crippen LogP contribution >= 0.6 is 0 Å². The van der Waals surface area contributed by atoms with E-state index in [0.29, 0.717) is 18.1 Å². The van der Waals surface area contributed by atoms with E-state index in [2.05, 4.69) is 5.32 Å². The minimum Gasteiger partial charge on any atom is -0.493 e. The Hall–Kier alpha value is -1.75. The van der Waals surface area contributed by atoms with Crippen LogP contribution in [-0.2, 0) is 4.79 Å². The van der Waals surface area contributed by atoms with Crippen LogP contribution in [0.1, 0.15) is 32.6 Å². The van der Waals surface area contributed by atoms with Crippen LogP contribution in [0.5, 0.6) is 11.5 Å². The third kappa shape index (κ3) is 4.11. The van der Waals surface area contributed by atoms with E-state index in [4.69, 9.17) is 15.2 Å². The average molecular weight is 292 g/mol. The summed E-state index contributed by atoms with van der Waals surface area (Å²) in [6, 6.07) is 5.68. The van der Waals surface area contributed by atoms with Gasteiger partial charge in [-0.2, -0.15) is 0 Å². The molecule has 2 rings (SSSR count). The maximum absolute atomic E-state index is 12.3. The highest BCUT2D eigenvalue weighted by molar-refractivity contribution is 5.92. The lowest BCUT2D eigenvalue weighted by Gasteiger charge is -2.25. The predicted molar refractivity (Wildman–Crippen MR) is 82.7 cm³/mol. The molecule has 1 fully saturated rings. The molecule has 116 valence electrons. The molecule has 0 aliphatic heterocycles. The Balaban J connectivity index is 2.01. The van der Waals surface area contributed by atoms with Crippen LogP contribution in [0.2, 0.25) is 0 Å². The summed E-state index contributed by atoms with van der Waals surface area (Å²) < 4.78 is 10.8. The molecule has 0 saturated heterocycles. The predicted octanol–water partition coefficient (Wildman–Crippen LogP) is 2.55. The van der Waals surface area contributed by atoms with Crippen molar-refractivity contribution in [3.8, 4) is 11.5 Å². The zero-order valence-corrected chi connectivity index (χ0v) is 12.7. The topological polar surface area (TPSA) is 73.6 Å². The molecule has 0 radical (unpaired) electrons. The highest BCUT2D eigenvalue weighted by atomic mass is 16.5. The van der Waals surface area contributed by atoms with E-state index in [1.165, 1.54) is 0 Å². The molecule has 0 atom stereocenters. The fraction of sp³-hybridized carbons (Fsp3) is 0.562. The van der Waals surface area contributed by atoms with Gasteiger partial charge < -0.3 is 20.5 Å². The molecule has 0 heterocycles. The molecule has 21 heavy (non-hydrogen) atoms. The van der Waals surface area contributed by atoms with Crippen LogP contribution in [0.25, 0.3) is 0 Å². The number of hydrogen-bond donors (Lipinski definition) is 2. The van der Waals surface area contributed by atoms with Gasteiger partial charge in [-0.1, -0.05) is 0 Å². The summed E-state index contributed by atoms with van der Waals surface area (Å²) in [4.78, 5) is 12.3. The van der Waals surface area contributed by atoms with Crippen molar-refractivity contribution in [2.45, 2.75) is 38.6 Å². The van der Waals surface area contributed by atoms with Crippen LogP contribution in [-0.4, -0.2) is 25.7 Å². The number of methoxy groups -OCH3 is 1. The fourth-order valence-corrected chi connectivity index (χ4v) is 2.65. The van der Waals surface area contributed by atoms with Crippen LogP contribution < -0.4 is 20.5 Å². The van der Waals surface area contributed by atoms with Crippen LogP contribution in [0.4, 0.5) is 5.69 Å². The van der Waals surface area contributed by atoms with Crippen molar-refractivity contribution in [3.63, 3.8) is 0 Å². The van der Waals surface area contributed by atoms with Gasteiger partial charge >= 0.3 is 0 Å². The molecule has 0 unspecified atom stereocenters. The number of nitrogens with one attached hydrogen (secondary N) is 1. The van der Waals surface area contributed by atoms with Crippen molar-refractivity contribution in [1.29, 1.82) is 0 Å². The summed E-state index contributed by atoms with van der Waals surface area (Å²) in [7, 11) is 1.60. The molecular weight excluding hydrogens is 268 g/mol. The van der Waals surface area contributed by atoms with Crippen molar-refractivity contribution in [2.75, 3.05) is 19.0 Å². The van der Waals surface area contributed by atoms with Crippen molar-refractivity contribution in [3.05, 3.63) is 18.2 Å². The molecule has 0 aromatic heterocycles. The standard InChI is InChI=1S/C16H24N2O3/c1-3-21-15-10-13(8-9-14(15)20-2)18-16(19)11-4-6-12(17)7-5-11/h8-12H,3-7,17H2,1-2H3,(H,18,19). The SMILES string of the molecule is CCOc1cc(NC(=O)C2CCC(N)CC2)ccc1OC. The molecule has 5 heteroatoms. The highest BCUT2D eigenvalue weighted by Gasteiger charge is 2.24. The first kappa shape index (κ1) is 15.6. The zero-order valence-electron chi connectivity index (χ0n) is 12.7. The van der Waals surface area contributed by atoms with Gasteiger partial charge in [-0.15, -0.1) is 0 Å². The molecule has 0 spiro atoms. The van der Waals surface area contributed by atoms with E-state index in [9.17, 15) is 4.79 Å². The Morgan fingerprint density at radius 3 is 2.62 bits per heavy atom. The summed E-state index contributed by atoms with van der Waals surface area (Å²) in [6.45, 7) is 2.46. The van der Waals surface area contributed by atoms with Crippen LogP contribution in [0, 0.1) is 5.92 Å². The van der Waals surface area contributed by atoms with Gasteiger partial charge in [-0.25, -0.2) is 0 Å². The van der Waals surface area contributed by atoms with E-state index in [-0.39, 0.29) is 17.9 Å². The largest absolute Gasteiger partial charge is 0.493 e. The maximum Gasteiger partial charge on any atom is 0.227 e. The Bertz CT molecular complexity index is 482. The lowest BCUT2D eigenvalue weighted by molar-refractivity contribution is -0.120. The van der Waals surface area contributed by atoms with E-state index in [1.807, 2.05) is 13.0 Å². The summed E-state index contributed by atoms with van der Waals surface area (Å²) in [5, 5.41) is 2.96. The lowest BCUT2D eigenvalue weighted by Crippen LogP contribution is -2.32. The smallest absolute Gasteiger partial charge is 0.227 e. The second kappa shape index (κ2) is 7.31. The van der Waals surface area contributed by atoms with Gasteiger partial charge in [0.2, 0.25) is 5.91 Å². The molecule has 5 nitrogen and oxygen atoms in total. The minimum atomic E-state index is 0.0578. The van der Waals surface area contributed by atoms with Crippen molar-refractivity contribution in [2.24, 2.45) is 11.7 Å². The van der Waals surface area contributed by atoms with E-state index in [1.54, 1.807) is 19.2 Å².